The van der Waals surface area contributed by atoms with Crippen LogP contribution in [0.5, 0.6) is 0 Å². The maximum absolute atomic E-state index is 5.94. The summed E-state index contributed by atoms with van der Waals surface area (Å²) in [6.07, 6.45) is 1.15. The average Bonchev–Trinajstić information content (AvgIpc) is 2.73. The van der Waals surface area contributed by atoms with Crippen LogP contribution in [0.25, 0.3) is 0 Å². The molecular weight excluding hydrogens is 242 g/mol. The largest absolute Gasteiger partial charge is 0.317 e. The van der Waals surface area contributed by atoms with Crippen LogP contribution in [-0.4, -0.2) is 13.1 Å². The second-order valence-corrected chi connectivity index (χ2v) is 6.74. The molecule has 1 aliphatic rings. The SMILES string of the molecule is CCNCC1C(C)(C)C1(C)Cc1ccc(Cl)cc1. The van der Waals surface area contributed by atoms with Crippen molar-refractivity contribution in [3.63, 3.8) is 0 Å². The molecule has 100 valence electrons. The summed E-state index contributed by atoms with van der Waals surface area (Å²) in [5.74, 6) is 0.764. The van der Waals surface area contributed by atoms with Gasteiger partial charge in [0, 0.05) is 5.02 Å². The second-order valence-electron chi connectivity index (χ2n) is 6.30. The molecule has 1 aromatic carbocycles. The zero-order valence-electron chi connectivity index (χ0n) is 11.9. The Morgan fingerprint density at radius 3 is 2.33 bits per heavy atom. The van der Waals surface area contributed by atoms with Gasteiger partial charge < -0.3 is 5.32 Å². The van der Waals surface area contributed by atoms with Gasteiger partial charge >= 0.3 is 0 Å². The van der Waals surface area contributed by atoms with Gasteiger partial charge in [-0.25, -0.2) is 0 Å². The molecule has 1 aromatic rings. The summed E-state index contributed by atoms with van der Waals surface area (Å²) >= 11 is 5.94. The van der Waals surface area contributed by atoms with Crippen molar-refractivity contribution in [1.29, 1.82) is 0 Å². The van der Waals surface area contributed by atoms with Crippen LogP contribution in [0.2, 0.25) is 5.02 Å². The summed E-state index contributed by atoms with van der Waals surface area (Å²) in [6.45, 7) is 11.6. The van der Waals surface area contributed by atoms with Crippen LogP contribution in [0.3, 0.4) is 0 Å². The molecule has 18 heavy (non-hydrogen) atoms. The van der Waals surface area contributed by atoms with E-state index < -0.39 is 0 Å². The molecule has 1 saturated carbocycles. The maximum atomic E-state index is 5.94. The summed E-state index contributed by atoms with van der Waals surface area (Å²) < 4.78 is 0. The standard InChI is InChI=1S/C16H24ClN/c1-5-18-11-14-15(2,3)16(14,4)10-12-6-8-13(17)9-7-12/h6-9,14,18H,5,10-11H2,1-4H3. The smallest absolute Gasteiger partial charge is 0.0406 e. The van der Waals surface area contributed by atoms with Crippen molar-refractivity contribution in [2.45, 2.75) is 34.1 Å². The number of nitrogens with one attached hydrogen (secondary N) is 1. The molecule has 1 aliphatic carbocycles. The first-order valence-corrected chi connectivity index (χ1v) is 7.25. The van der Waals surface area contributed by atoms with Gasteiger partial charge in [0.2, 0.25) is 0 Å². The molecule has 0 bridgehead atoms. The third kappa shape index (κ3) is 2.31. The van der Waals surface area contributed by atoms with E-state index in [1.54, 1.807) is 0 Å². The molecule has 0 spiro atoms. The van der Waals surface area contributed by atoms with E-state index in [9.17, 15) is 0 Å². The lowest BCUT2D eigenvalue weighted by Crippen LogP contribution is -2.19. The fourth-order valence-corrected chi connectivity index (χ4v) is 3.47. The van der Waals surface area contributed by atoms with Gasteiger partial charge in [-0.3, -0.25) is 0 Å². The normalized spacial score (nSPS) is 29.3. The highest BCUT2D eigenvalue weighted by molar-refractivity contribution is 6.30. The number of hydrogen-bond acceptors (Lipinski definition) is 1. The molecule has 1 nitrogen and oxygen atoms in total. The minimum absolute atomic E-state index is 0.406. The fourth-order valence-electron chi connectivity index (χ4n) is 3.34. The quantitative estimate of drug-likeness (QED) is 0.843. The van der Waals surface area contributed by atoms with E-state index in [0.29, 0.717) is 10.8 Å². The van der Waals surface area contributed by atoms with Crippen molar-refractivity contribution in [2.24, 2.45) is 16.7 Å². The van der Waals surface area contributed by atoms with Gasteiger partial charge in [-0.05, 0) is 54.0 Å². The minimum Gasteiger partial charge on any atom is -0.317 e. The first-order chi connectivity index (χ1) is 8.41. The third-order valence-corrected chi connectivity index (χ3v) is 5.36. The Labute approximate surface area is 116 Å². The van der Waals surface area contributed by atoms with Crippen LogP contribution in [-0.2, 0) is 6.42 Å². The predicted octanol–water partition coefficient (Wildman–Crippen LogP) is 4.15. The summed E-state index contributed by atoms with van der Waals surface area (Å²) in [4.78, 5) is 0. The van der Waals surface area contributed by atoms with Crippen LogP contribution < -0.4 is 5.32 Å². The number of halogens is 1. The average molecular weight is 266 g/mol. The highest BCUT2D eigenvalue weighted by atomic mass is 35.5. The molecular formula is C16H24ClN. The molecule has 2 atom stereocenters. The Balaban J connectivity index is 2.06. The van der Waals surface area contributed by atoms with Crippen LogP contribution >= 0.6 is 11.6 Å². The van der Waals surface area contributed by atoms with Gasteiger partial charge in [0.1, 0.15) is 0 Å². The Kier molecular flexibility index (Phi) is 3.75. The minimum atomic E-state index is 0.406. The van der Waals surface area contributed by atoms with Crippen molar-refractivity contribution in [2.75, 3.05) is 13.1 Å². The Hall–Kier alpha value is -0.530. The van der Waals surface area contributed by atoms with Gasteiger partial charge in [-0.1, -0.05) is 51.4 Å². The molecule has 0 heterocycles. The van der Waals surface area contributed by atoms with E-state index in [-0.39, 0.29) is 0 Å². The van der Waals surface area contributed by atoms with Crippen molar-refractivity contribution in [1.82, 2.24) is 5.32 Å². The first-order valence-electron chi connectivity index (χ1n) is 6.87. The van der Waals surface area contributed by atoms with Crippen molar-refractivity contribution < 1.29 is 0 Å². The number of rotatable bonds is 5. The van der Waals surface area contributed by atoms with Gasteiger partial charge in [0.05, 0.1) is 0 Å². The number of benzene rings is 1. The molecule has 0 saturated heterocycles. The third-order valence-electron chi connectivity index (χ3n) is 5.11. The number of hydrogen-bond donors (Lipinski definition) is 1. The van der Waals surface area contributed by atoms with E-state index in [4.69, 9.17) is 11.6 Å². The zero-order chi connectivity index (χ0) is 13.4. The van der Waals surface area contributed by atoms with E-state index in [2.05, 4.69) is 45.1 Å². The van der Waals surface area contributed by atoms with Crippen LogP contribution in [0.15, 0.2) is 24.3 Å². The van der Waals surface area contributed by atoms with Crippen molar-refractivity contribution >= 4 is 11.6 Å². The van der Waals surface area contributed by atoms with Crippen molar-refractivity contribution in [3.05, 3.63) is 34.9 Å². The highest BCUT2D eigenvalue weighted by Gasteiger charge is 2.66. The van der Waals surface area contributed by atoms with Crippen LogP contribution in [0.4, 0.5) is 0 Å². The lowest BCUT2D eigenvalue weighted by molar-refractivity contribution is 0.414. The molecule has 0 amide bonds. The maximum Gasteiger partial charge on any atom is 0.0406 e. The zero-order valence-corrected chi connectivity index (χ0v) is 12.6. The second kappa shape index (κ2) is 4.86. The van der Waals surface area contributed by atoms with E-state index in [0.717, 1.165) is 30.5 Å². The van der Waals surface area contributed by atoms with Crippen molar-refractivity contribution in [3.8, 4) is 0 Å². The highest BCUT2D eigenvalue weighted by Crippen LogP contribution is 2.69. The summed E-state index contributed by atoms with van der Waals surface area (Å²) in [7, 11) is 0. The van der Waals surface area contributed by atoms with Crippen LogP contribution in [0, 0.1) is 16.7 Å². The van der Waals surface area contributed by atoms with Gasteiger partial charge in [-0.2, -0.15) is 0 Å². The fraction of sp³-hybridized carbons (Fsp3) is 0.625. The van der Waals surface area contributed by atoms with Crippen LogP contribution in [0.1, 0.15) is 33.3 Å². The molecule has 0 aliphatic heterocycles. The Morgan fingerprint density at radius 1 is 1.17 bits per heavy atom. The van der Waals surface area contributed by atoms with E-state index in [1.165, 1.54) is 5.56 Å². The van der Waals surface area contributed by atoms with E-state index >= 15 is 0 Å². The lowest BCUT2D eigenvalue weighted by Gasteiger charge is -2.15. The molecule has 2 rings (SSSR count). The van der Waals surface area contributed by atoms with E-state index in [1.807, 2.05) is 12.1 Å². The topological polar surface area (TPSA) is 12.0 Å². The van der Waals surface area contributed by atoms with Gasteiger partial charge in [0.25, 0.3) is 0 Å². The lowest BCUT2D eigenvalue weighted by atomic mass is 9.90. The van der Waals surface area contributed by atoms with Gasteiger partial charge in [0.15, 0.2) is 0 Å². The Morgan fingerprint density at radius 2 is 1.78 bits per heavy atom. The van der Waals surface area contributed by atoms with Gasteiger partial charge in [-0.15, -0.1) is 0 Å². The molecule has 1 fully saturated rings. The summed E-state index contributed by atoms with van der Waals surface area (Å²) in [5.41, 5.74) is 2.23. The molecule has 0 aromatic heterocycles. The monoisotopic (exact) mass is 265 g/mol. The molecule has 1 N–H and O–H groups in total. The molecule has 0 radical (unpaired) electrons. The first kappa shape index (κ1) is 13.9. The molecule has 2 heteroatoms. The summed E-state index contributed by atoms with van der Waals surface area (Å²) in [5, 5.41) is 4.32. The molecule has 2 unspecified atom stereocenters. The predicted molar refractivity (Wildman–Crippen MR) is 79.1 cm³/mol. The summed E-state index contributed by atoms with van der Waals surface area (Å²) in [6, 6.07) is 8.31. The Bertz CT molecular complexity index is 410.